The maximum absolute atomic E-state index is 11.9. The Kier molecular flexibility index (Phi) is 3.57. The summed E-state index contributed by atoms with van der Waals surface area (Å²) in [5.41, 5.74) is 1.15. The van der Waals surface area contributed by atoms with Crippen LogP contribution in [0.1, 0.15) is 31.4 Å². The molecule has 2 atom stereocenters. The minimum atomic E-state index is 0.0975. The van der Waals surface area contributed by atoms with Gasteiger partial charge >= 0.3 is 0 Å². The molecular formula is C14H17NO2. The summed E-state index contributed by atoms with van der Waals surface area (Å²) in [7, 11) is 0. The first-order chi connectivity index (χ1) is 8.22. The van der Waals surface area contributed by atoms with Gasteiger partial charge in [0, 0.05) is 19.4 Å². The number of aldehydes is 1. The highest BCUT2D eigenvalue weighted by atomic mass is 16.2. The first-order valence-electron chi connectivity index (χ1n) is 6.00. The van der Waals surface area contributed by atoms with E-state index in [9.17, 15) is 9.59 Å². The number of likely N-dealkylation sites (tertiary alicyclic amines) is 1. The van der Waals surface area contributed by atoms with Crippen LogP contribution in [0.25, 0.3) is 0 Å². The van der Waals surface area contributed by atoms with E-state index in [2.05, 4.69) is 0 Å². The van der Waals surface area contributed by atoms with Crippen molar-refractivity contribution in [2.24, 2.45) is 5.92 Å². The zero-order chi connectivity index (χ0) is 12.3. The molecule has 1 aliphatic heterocycles. The van der Waals surface area contributed by atoms with Crippen molar-refractivity contribution >= 4 is 12.2 Å². The van der Waals surface area contributed by atoms with E-state index >= 15 is 0 Å². The van der Waals surface area contributed by atoms with E-state index < -0.39 is 0 Å². The van der Waals surface area contributed by atoms with Gasteiger partial charge in [-0.2, -0.15) is 0 Å². The van der Waals surface area contributed by atoms with Crippen molar-refractivity contribution in [2.45, 2.75) is 25.8 Å². The fraction of sp³-hybridized carbons (Fsp3) is 0.429. The SMILES string of the molecule is CC(c1ccccc1)N1CC(CC=O)CC1=O. The smallest absolute Gasteiger partial charge is 0.223 e. The molecule has 0 N–H and O–H groups in total. The summed E-state index contributed by atoms with van der Waals surface area (Å²) < 4.78 is 0. The average molecular weight is 231 g/mol. The molecule has 90 valence electrons. The zero-order valence-corrected chi connectivity index (χ0v) is 10.0. The third kappa shape index (κ3) is 2.54. The molecule has 3 nitrogen and oxygen atoms in total. The van der Waals surface area contributed by atoms with Crippen LogP contribution >= 0.6 is 0 Å². The second-order valence-electron chi connectivity index (χ2n) is 4.61. The second-order valence-corrected chi connectivity index (χ2v) is 4.61. The summed E-state index contributed by atoms with van der Waals surface area (Å²) in [6.07, 6.45) is 1.91. The molecule has 0 aromatic heterocycles. The summed E-state index contributed by atoms with van der Waals surface area (Å²) in [6, 6.07) is 10.1. The number of nitrogens with zero attached hydrogens (tertiary/aromatic N) is 1. The summed E-state index contributed by atoms with van der Waals surface area (Å²) in [5.74, 6) is 0.361. The Labute approximate surface area is 101 Å². The van der Waals surface area contributed by atoms with E-state index in [1.54, 1.807) is 0 Å². The Morgan fingerprint density at radius 3 is 2.76 bits per heavy atom. The van der Waals surface area contributed by atoms with Gasteiger partial charge < -0.3 is 9.69 Å². The van der Waals surface area contributed by atoms with Gasteiger partial charge in [-0.25, -0.2) is 0 Å². The van der Waals surface area contributed by atoms with Gasteiger partial charge in [0.2, 0.25) is 5.91 Å². The van der Waals surface area contributed by atoms with Crippen molar-refractivity contribution in [1.29, 1.82) is 0 Å². The summed E-state index contributed by atoms with van der Waals surface area (Å²) in [4.78, 5) is 24.2. The van der Waals surface area contributed by atoms with Gasteiger partial charge in [-0.1, -0.05) is 30.3 Å². The van der Waals surface area contributed by atoms with E-state index in [4.69, 9.17) is 0 Å². The third-order valence-corrected chi connectivity index (χ3v) is 3.42. The van der Waals surface area contributed by atoms with Gasteiger partial charge in [0.25, 0.3) is 0 Å². The molecule has 0 saturated carbocycles. The molecule has 0 radical (unpaired) electrons. The Morgan fingerprint density at radius 1 is 1.41 bits per heavy atom. The van der Waals surface area contributed by atoms with Gasteiger partial charge in [0.05, 0.1) is 6.04 Å². The maximum Gasteiger partial charge on any atom is 0.223 e. The highest BCUT2D eigenvalue weighted by Crippen LogP contribution is 2.29. The number of carbonyl (C=O) groups excluding carboxylic acids is 2. The van der Waals surface area contributed by atoms with Crippen LogP contribution in [-0.4, -0.2) is 23.6 Å². The lowest BCUT2D eigenvalue weighted by molar-refractivity contribution is -0.129. The normalized spacial score (nSPS) is 21.6. The van der Waals surface area contributed by atoms with Crippen molar-refractivity contribution in [3.63, 3.8) is 0 Å². The summed E-state index contributed by atoms with van der Waals surface area (Å²) in [5, 5.41) is 0. The highest BCUT2D eigenvalue weighted by Gasteiger charge is 2.32. The van der Waals surface area contributed by atoms with Crippen molar-refractivity contribution in [2.75, 3.05) is 6.54 Å². The van der Waals surface area contributed by atoms with Crippen LogP contribution in [0, 0.1) is 5.92 Å². The van der Waals surface area contributed by atoms with Crippen molar-refractivity contribution in [3.8, 4) is 0 Å². The molecule has 1 amide bonds. The van der Waals surface area contributed by atoms with Crippen LogP contribution in [0.2, 0.25) is 0 Å². The van der Waals surface area contributed by atoms with E-state index in [0.29, 0.717) is 19.4 Å². The number of benzene rings is 1. The third-order valence-electron chi connectivity index (χ3n) is 3.42. The van der Waals surface area contributed by atoms with Gasteiger partial charge in [-0.05, 0) is 18.4 Å². The quantitative estimate of drug-likeness (QED) is 0.745. The van der Waals surface area contributed by atoms with Crippen LogP contribution < -0.4 is 0 Å². The molecule has 1 aliphatic rings. The van der Waals surface area contributed by atoms with Crippen molar-refractivity contribution in [1.82, 2.24) is 4.90 Å². The molecule has 1 fully saturated rings. The molecule has 2 unspecified atom stereocenters. The highest BCUT2D eigenvalue weighted by molar-refractivity contribution is 5.79. The zero-order valence-electron chi connectivity index (χ0n) is 10.0. The van der Waals surface area contributed by atoms with E-state index in [0.717, 1.165) is 11.8 Å². The molecule has 0 spiro atoms. The lowest BCUT2D eigenvalue weighted by Gasteiger charge is -2.25. The molecule has 0 bridgehead atoms. The lowest BCUT2D eigenvalue weighted by atomic mass is 10.1. The van der Waals surface area contributed by atoms with Gasteiger partial charge in [-0.15, -0.1) is 0 Å². The standard InChI is InChI=1S/C14H17NO2/c1-11(13-5-3-2-4-6-13)15-10-12(7-8-16)9-14(15)17/h2-6,8,11-12H,7,9-10H2,1H3. The van der Waals surface area contributed by atoms with Crippen LogP contribution in [-0.2, 0) is 9.59 Å². The average Bonchev–Trinajstić information content (AvgIpc) is 2.71. The molecule has 3 heteroatoms. The summed E-state index contributed by atoms with van der Waals surface area (Å²) in [6.45, 7) is 2.74. The number of rotatable bonds is 4. The molecular weight excluding hydrogens is 214 g/mol. The van der Waals surface area contributed by atoms with Crippen molar-refractivity contribution < 1.29 is 9.59 Å². The van der Waals surface area contributed by atoms with Gasteiger partial charge in [-0.3, -0.25) is 4.79 Å². The number of hydrogen-bond donors (Lipinski definition) is 0. The Bertz CT molecular complexity index is 402. The fourth-order valence-corrected chi connectivity index (χ4v) is 2.39. The Morgan fingerprint density at radius 2 is 2.12 bits per heavy atom. The first kappa shape index (κ1) is 11.8. The molecule has 1 aromatic rings. The molecule has 0 aliphatic carbocycles. The molecule has 1 heterocycles. The fourth-order valence-electron chi connectivity index (χ4n) is 2.39. The van der Waals surface area contributed by atoms with Crippen LogP contribution in [0.15, 0.2) is 30.3 Å². The van der Waals surface area contributed by atoms with E-state index in [1.165, 1.54) is 0 Å². The van der Waals surface area contributed by atoms with Crippen LogP contribution in [0.4, 0.5) is 0 Å². The van der Waals surface area contributed by atoms with E-state index in [-0.39, 0.29) is 17.9 Å². The number of amides is 1. The number of hydrogen-bond acceptors (Lipinski definition) is 2. The molecule has 1 saturated heterocycles. The lowest BCUT2D eigenvalue weighted by Crippen LogP contribution is -2.28. The van der Waals surface area contributed by atoms with E-state index in [1.807, 2.05) is 42.2 Å². The predicted octanol–water partition coefficient (Wildman–Crippen LogP) is 2.19. The molecule has 17 heavy (non-hydrogen) atoms. The minimum Gasteiger partial charge on any atom is -0.336 e. The van der Waals surface area contributed by atoms with Crippen molar-refractivity contribution in [3.05, 3.63) is 35.9 Å². The molecule has 2 rings (SSSR count). The number of carbonyl (C=O) groups is 2. The monoisotopic (exact) mass is 231 g/mol. The first-order valence-corrected chi connectivity index (χ1v) is 6.00. The predicted molar refractivity (Wildman–Crippen MR) is 65.4 cm³/mol. The van der Waals surface area contributed by atoms with Gasteiger partial charge in [0.15, 0.2) is 0 Å². The van der Waals surface area contributed by atoms with Crippen LogP contribution in [0.3, 0.4) is 0 Å². The van der Waals surface area contributed by atoms with Crippen LogP contribution in [0.5, 0.6) is 0 Å². The largest absolute Gasteiger partial charge is 0.336 e. The topological polar surface area (TPSA) is 37.4 Å². The van der Waals surface area contributed by atoms with Gasteiger partial charge in [0.1, 0.15) is 6.29 Å². The summed E-state index contributed by atoms with van der Waals surface area (Å²) >= 11 is 0. The Balaban J connectivity index is 2.08. The Hall–Kier alpha value is -1.64. The minimum absolute atomic E-state index is 0.0975. The molecule has 1 aromatic carbocycles. The second kappa shape index (κ2) is 5.13. The maximum atomic E-state index is 11.9.